The SMILES string of the molecule is C=C[C@]1(OCc2ccc(Cl)cc2Cl)C(OC)OC(COCc2ccc(Cl)cc2Cl)C1OCc1ccc(Cl)cc1Cl. The summed E-state index contributed by atoms with van der Waals surface area (Å²) in [5.74, 6) is 0. The van der Waals surface area contributed by atoms with Crippen LogP contribution in [0.2, 0.25) is 30.1 Å². The number of halogens is 6. The molecule has 0 amide bonds. The van der Waals surface area contributed by atoms with E-state index in [1.54, 1.807) is 54.6 Å². The predicted molar refractivity (Wildman–Crippen MR) is 161 cm³/mol. The molecule has 1 heterocycles. The van der Waals surface area contributed by atoms with Gasteiger partial charge in [-0.2, -0.15) is 0 Å². The molecule has 0 N–H and O–H groups in total. The van der Waals surface area contributed by atoms with Crippen molar-refractivity contribution in [2.24, 2.45) is 0 Å². The van der Waals surface area contributed by atoms with Crippen LogP contribution in [0.15, 0.2) is 67.3 Å². The Bertz CT molecular complexity index is 1340. The first-order valence-electron chi connectivity index (χ1n) is 12.1. The molecule has 1 saturated heterocycles. The Kier molecular flexibility index (Phi) is 11.5. The van der Waals surface area contributed by atoms with E-state index in [4.69, 9.17) is 93.3 Å². The summed E-state index contributed by atoms with van der Waals surface area (Å²) < 4.78 is 30.9. The standard InChI is InChI=1S/C29H26Cl6O5/c1-3-29(39-15-19-6-9-22(32)12-25(19)35)27(38-14-18-5-8-21(31)11-24(18)34)26(40-28(29)36-2)16-37-13-17-4-7-20(30)10-23(17)33/h3-12,26-28H,1,13-16H2,2H3/t26?,27?,28?,29-/m1/s1. The highest BCUT2D eigenvalue weighted by atomic mass is 35.5. The van der Waals surface area contributed by atoms with E-state index in [-0.39, 0.29) is 26.4 Å². The fraction of sp³-hybridized carbons (Fsp3) is 0.310. The summed E-state index contributed by atoms with van der Waals surface area (Å²) in [6.07, 6.45) is -0.571. The summed E-state index contributed by atoms with van der Waals surface area (Å²) >= 11 is 37.3. The Morgan fingerprint density at radius 2 is 1.27 bits per heavy atom. The molecule has 0 aliphatic carbocycles. The van der Waals surface area contributed by atoms with Gasteiger partial charge in [-0.15, -0.1) is 0 Å². The molecule has 0 saturated carbocycles. The van der Waals surface area contributed by atoms with E-state index in [0.717, 1.165) is 16.7 Å². The first-order chi connectivity index (χ1) is 19.2. The first-order valence-corrected chi connectivity index (χ1v) is 14.4. The third-order valence-electron chi connectivity index (χ3n) is 6.46. The van der Waals surface area contributed by atoms with Crippen LogP contribution >= 0.6 is 69.6 Å². The van der Waals surface area contributed by atoms with Crippen molar-refractivity contribution in [3.63, 3.8) is 0 Å². The van der Waals surface area contributed by atoms with E-state index in [2.05, 4.69) is 6.58 Å². The molecule has 0 bridgehead atoms. The third kappa shape index (κ3) is 7.47. The largest absolute Gasteiger partial charge is 0.374 e. The molecule has 214 valence electrons. The Morgan fingerprint density at radius 1 is 0.775 bits per heavy atom. The van der Waals surface area contributed by atoms with Gasteiger partial charge in [0.1, 0.15) is 12.2 Å². The Hall–Kier alpha value is -1.06. The Balaban J connectivity index is 1.58. The lowest BCUT2D eigenvalue weighted by molar-refractivity contribution is -0.202. The highest BCUT2D eigenvalue weighted by molar-refractivity contribution is 6.36. The highest BCUT2D eigenvalue weighted by Crippen LogP contribution is 2.40. The second-order valence-electron chi connectivity index (χ2n) is 9.04. The van der Waals surface area contributed by atoms with Crippen LogP contribution in [0, 0.1) is 0 Å². The van der Waals surface area contributed by atoms with Crippen LogP contribution in [-0.4, -0.2) is 37.8 Å². The van der Waals surface area contributed by atoms with Crippen LogP contribution in [0.1, 0.15) is 16.7 Å². The van der Waals surface area contributed by atoms with Crippen molar-refractivity contribution in [1.82, 2.24) is 0 Å². The van der Waals surface area contributed by atoms with E-state index in [9.17, 15) is 0 Å². The summed E-state index contributed by atoms with van der Waals surface area (Å²) in [4.78, 5) is 0. The van der Waals surface area contributed by atoms with E-state index in [1.807, 2.05) is 6.07 Å². The molecule has 1 aliphatic heterocycles. The van der Waals surface area contributed by atoms with Gasteiger partial charge in [0.2, 0.25) is 0 Å². The van der Waals surface area contributed by atoms with Crippen molar-refractivity contribution in [3.05, 3.63) is 114 Å². The maximum Gasteiger partial charge on any atom is 0.193 e. The van der Waals surface area contributed by atoms with Gasteiger partial charge in [-0.25, -0.2) is 0 Å². The van der Waals surface area contributed by atoms with Gasteiger partial charge < -0.3 is 23.7 Å². The average Bonchev–Trinajstić information content (AvgIpc) is 3.21. The highest BCUT2D eigenvalue weighted by Gasteiger charge is 2.57. The topological polar surface area (TPSA) is 46.2 Å². The lowest BCUT2D eigenvalue weighted by Gasteiger charge is -2.35. The minimum atomic E-state index is -1.23. The van der Waals surface area contributed by atoms with Gasteiger partial charge in [0.05, 0.1) is 26.4 Å². The van der Waals surface area contributed by atoms with Crippen LogP contribution in [0.5, 0.6) is 0 Å². The third-order valence-corrected chi connectivity index (χ3v) is 8.22. The van der Waals surface area contributed by atoms with Crippen molar-refractivity contribution in [2.75, 3.05) is 13.7 Å². The average molecular weight is 667 g/mol. The van der Waals surface area contributed by atoms with Gasteiger partial charge in [0.15, 0.2) is 11.9 Å². The van der Waals surface area contributed by atoms with Gasteiger partial charge >= 0.3 is 0 Å². The zero-order valence-electron chi connectivity index (χ0n) is 21.4. The molecule has 3 aromatic rings. The molecule has 0 spiro atoms. The molecular weight excluding hydrogens is 641 g/mol. The van der Waals surface area contributed by atoms with Gasteiger partial charge in [-0.05, 0) is 53.1 Å². The van der Waals surface area contributed by atoms with Crippen LogP contribution in [0.3, 0.4) is 0 Å². The maximum atomic E-state index is 6.46. The number of rotatable bonds is 12. The Labute approximate surface area is 263 Å². The van der Waals surface area contributed by atoms with Crippen LogP contribution in [0.25, 0.3) is 0 Å². The normalized spacial score (nSPS) is 22.5. The molecule has 3 unspecified atom stereocenters. The van der Waals surface area contributed by atoms with E-state index in [0.29, 0.717) is 30.1 Å². The number of methoxy groups -OCH3 is 1. The summed E-state index contributed by atoms with van der Waals surface area (Å²) in [5, 5.41) is 3.02. The second kappa shape index (κ2) is 14.4. The monoisotopic (exact) mass is 664 g/mol. The van der Waals surface area contributed by atoms with Crippen molar-refractivity contribution in [2.45, 2.75) is 43.9 Å². The molecule has 4 atom stereocenters. The molecule has 3 aromatic carbocycles. The first kappa shape index (κ1) is 31.9. The molecule has 11 heteroatoms. The fourth-order valence-corrected chi connectivity index (χ4v) is 5.76. The molecule has 5 nitrogen and oxygen atoms in total. The predicted octanol–water partition coefficient (Wildman–Crippen LogP) is 9.22. The number of hydrogen-bond acceptors (Lipinski definition) is 5. The molecule has 0 radical (unpaired) electrons. The molecular formula is C29H26Cl6O5. The van der Waals surface area contributed by atoms with Gasteiger partial charge in [-0.1, -0.05) is 100 Å². The number of ether oxygens (including phenoxy) is 5. The smallest absolute Gasteiger partial charge is 0.193 e. The summed E-state index contributed by atoms with van der Waals surface area (Å²) in [6.45, 7) is 4.66. The molecule has 1 aliphatic rings. The van der Waals surface area contributed by atoms with Crippen LogP contribution < -0.4 is 0 Å². The quantitative estimate of drug-likeness (QED) is 0.180. The number of hydrogen-bond donors (Lipinski definition) is 0. The number of benzene rings is 3. The van der Waals surface area contributed by atoms with Crippen LogP contribution in [-0.2, 0) is 43.5 Å². The van der Waals surface area contributed by atoms with Crippen molar-refractivity contribution >= 4 is 69.6 Å². The molecule has 1 fully saturated rings. The molecule has 4 rings (SSSR count). The Morgan fingerprint density at radius 3 is 1.75 bits per heavy atom. The minimum absolute atomic E-state index is 0.112. The van der Waals surface area contributed by atoms with Crippen LogP contribution in [0.4, 0.5) is 0 Å². The fourth-order valence-electron chi connectivity index (χ4n) is 4.37. The molecule has 0 aromatic heterocycles. The van der Waals surface area contributed by atoms with E-state index in [1.165, 1.54) is 7.11 Å². The van der Waals surface area contributed by atoms with Crippen molar-refractivity contribution in [3.8, 4) is 0 Å². The zero-order chi connectivity index (χ0) is 28.9. The zero-order valence-corrected chi connectivity index (χ0v) is 25.9. The van der Waals surface area contributed by atoms with E-state index >= 15 is 0 Å². The maximum absolute atomic E-state index is 6.46. The summed E-state index contributed by atoms with van der Waals surface area (Å²) in [5.41, 5.74) is 1.00. The van der Waals surface area contributed by atoms with Gasteiger partial charge in [0, 0.05) is 37.2 Å². The summed E-state index contributed by atoms with van der Waals surface area (Å²) in [7, 11) is 1.52. The van der Waals surface area contributed by atoms with Crippen molar-refractivity contribution < 1.29 is 23.7 Å². The molecule has 40 heavy (non-hydrogen) atoms. The minimum Gasteiger partial charge on any atom is -0.374 e. The summed E-state index contributed by atoms with van der Waals surface area (Å²) in [6, 6.07) is 15.6. The van der Waals surface area contributed by atoms with Gasteiger partial charge in [0.25, 0.3) is 0 Å². The van der Waals surface area contributed by atoms with Gasteiger partial charge in [-0.3, -0.25) is 0 Å². The van der Waals surface area contributed by atoms with E-state index < -0.39 is 24.1 Å². The lowest BCUT2D eigenvalue weighted by Crippen LogP contribution is -2.51. The second-order valence-corrected chi connectivity index (χ2v) is 11.6. The lowest BCUT2D eigenvalue weighted by atomic mass is 9.94. The van der Waals surface area contributed by atoms with Crippen molar-refractivity contribution in [1.29, 1.82) is 0 Å².